The van der Waals surface area contributed by atoms with Gasteiger partial charge in [-0.15, -0.1) is 0 Å². The zero-order chi connectivity index (χ0) is 13.1. The van der Waals surface area contributed by atoms with Crippen molar-refractivity contribution in [2.45, 2.75) is 27.2 Å². The SMILES string of the molecule is CCC(C)(C)C(=O)NC(=O)c1ccc(N)cc1. The zero-order valence-corrected chi connectivity index (χ0v) is 10.4. The van der Waals surface area contributed by atoms with Crippen LogP contribution in [0.3, 0.4) is 0 Å². The summed E-state index contributed by atoms with van der Waals surface area (Å²) in [6.07, 6.45) is 0.674. The van der Waals surface area contributed by atoms with Gasteiger partial charge in [-0.05, 0) is 30.7 Å². The van der Waals surface area contributed by atoms with Gasteiger partial charge in [0.15, 0.2) is 0 Å². The van der Waals surface area contributed by atoms with E-state index in [-0.39, 0.29) is 5.91 Å². The lowest BCUT2D eigenvalue weighted by atomic mass is 9.89. The lowest BCUT2D eigenvalue weighted by Crippen LogP contribution is -2.40. The van der Waals surface area contributed by atoms with Gasteiger partial charge in [-0.3, -0.25) is 14.9 Å². The van der Waals surface area contributed by atoms with E-state index in [0.717, 1.165) is 0 Å². The minimum absolute atomic E-state index is 0.262. The number of imide groups is 1. The lowest BCUT2D eigenvalue weighted by molar-refractivity contribution is -0.128. The Labute approximate surface area is 101 Å². The van der Waals surface area contributed by atoms with E-state index in [0.29, 0.717) is 17.7 Å². The van der Waals surface area contributed by atoms with Gasteiger partial charge in [-0.25, -0.2) is 0 Å². The molecule has 1 rings (SSSR count). The normalized spacial score (nSPS) is 11.0. The van der Waals surface area contributed by atoms with Crippen molar-refractivity contribution in [1.29, 1.82) is 0 Å². The van der Waals surface area contributed by atoms with Crippen LogP contribution in [0.25, 0.3) is 0 Å². The molecular formula is C13H18N2O2. The molecule has 1 aromatic rings. The Morgan fingerprint density at radius 2 is 1.76 bits per heavy atom. The molecule has 0 spiro atoms. The Balaban J connectivity index is 2.73. The van der Waals surface area contributed by atoms with Crippen molar-refractivity contribution in [2.24, 2.45) is 5.41 Å². The number of benzene rings is 1. The van der Waals surface area contributed by atoms with Crippen molar-refractivity contribution in [1.82, 2.24) is 5.32 Å². The molecule has 0 saturated carbocycles. The highest BCUT2D eigenvalue weighted by Crippen LogP contribution is 2.19. The molecule has 0 radical (unpaired) electrons. The van der Waals surface area contributed by atoms with Crippen LogP contribution in [0.5, 0.6) is 0 Å². The third-order valence-corrected chi connectivity index (χ3v) is 2.90. The summed E-state index contributed by atoms with van der Waals surface area (Å²) < 4.78 is 0. The molecule has 0 heterocycles. The second-order valence-corrected chi connectivity index (χ2v) is 4.64. The summed E-state index contributed by atoms with van der Waals surface area (Å²) in [5, 5.41) is 2.39. The number of rotatable bonds is 3. The predicted octanol–water partition coefficient (Wildman–Crippen LogP) is 1.96. The van der Waals surface area contributed by atoms with Gasteiger partial charge < -0.3 is 5.73 Å². The van der Waals surface area contributed by atoms with Crippen LogP contribution in [0.15, 0.2) is 24.3 Å². The Morgan fingerprint density at radius 3 is 2.24 bits per heavy atom. The van der Waals surface area contributed by atoms with Crippen LogP contribution in [0.1, 0.15) is 37.6 Å². The first-order valence-electron chi connectivity index (χ1n) is 5.58. The Bertz CT molecular complexity index is 422. The molecular weight excluding hydrogens is 216 g/mol. The molecule has 0 aliphatic rings. The van der Waals surface area contributed by atoms with Crippen LogP contribution < -0.4 is 11.1 Å². The third kappa shape index (κ3) is 3.31. The first-order chi connectivity index (χ1) is 7.86. The maximum atomic E-state index is 11.8. The Kier molecular flexibility index (Phi) is 3.89. The number of nitrogen functional groups attached to an aromatic ring is 1. The Morgan fingerprint density at radius 1 is 1.24 bits per heavy atom. The fraction of sp³-hybridized carbons (Fsp3) is 0.385. The smallest absolute Gasteiger partial charge is 0.257 e. The van der Waals surface area contributed by atoms with Crippen molar-refractivity contribution < 1.29 is 9.59 Å². The zero-order valence-electron chi connectivity index (χ0n) is 10.4. The maximum Gasteiger partial charge on any atom is 0.257 e. The van der Waals surface area contributed by atoms with Gasteiger partial charge in [-0.2, -0.15) is 0 Å². The molecule has 0 bridgehead atoms. The molecule has 92 valence electrons. The summed E-state index contributed by atoms with van der Waals surface area (Å²) in [6, 6.07) is 6.45. The highest BCUT2D eigenvalue weighted by Gasteiger charge is 2.26. The van der Waals surface area contributed by atoms with Crippen LogP contribution in [0, 0.1) is 5.41 Å². The second kappa shape index (κ2) is 4.99. The van der Waals surface area contributed by atoms with E-state index in [1.165, 1.54) is 0 Å². The largest absolute Gasteiger partial charge is 0.399 e. The molecule has 0 atom stereocenters. The predicted molar refractivity (Wildman–Crippen MR) is 67.4 cm³/mol. The molecule has 3 N–H and O–H groups in total. The van der Waals surface area contributed by atoms with Crippen molar-refractivity contribution in [2.75, 3.05) is 5.73 Å². The van der Waals surface area contributed by atoms with E-state index >= 15 is 0 Å². The highest BCUT2D eigenvalue weighted by atomic mass is 16.2. The van der Waals surface area contributed by atoms with E-state index in [1.54, 1.807) is 38.1 Å². The average molecular weight is 234 g/mol. The van der Waals surface area contributed by atoms with Gasteiger partial charge in [0.2, 0.25) is 5.91 Å². The molecule has 0 unspecified atom stereocenters. The van der Waals surface area contributed by atoms with Gasteiger partial charge >= 0.3 is 0 Å². The molecule has 0 aliphatic heterocycles. The topological polar surface area (TPSA) is 72.2 Å². The molecule has 0 aliphatic carbocycles. The van der Waals surface area contributed by atoms with Gasteiger partial charge in [0.1, 0.15) is 0 Å². The van der Waals surface area contributed by atoms with Crippen LogP contribution in [-0.2, 0) is 4.79 Å². The summed E-state index contributed by atoms with van der Waals surface area (Å²) in [6.45, 7) is 5.52. The van der Waals surface area contributed by atoms with E-state index in [1.807, 2.05) is 6.92 Å². The number of nitrogens with one attached hydrogen (secondary N) is 1. The number of carbonyl (C=O) groups is 2. The van der Waals surface area contributed by atoms with E-state index < -0.39 is 11.3 Å². The molecule has 4 heteroatoms. The number of anilines is 1. The molecule has 17 heavy (non-hydrogen) atoms. The molecule has 2 amide bonds. The average Bonchev–Trinajstić information content (AvgIpc) is 2.29. The van der Waals surface area contributed by atoms with Gasteiger partial charge in [0, 0.05) is 16.7 Å². The van der Waals surface area contributed by atoms with E-state index in [9.17, 15) is 9.59 Å². The molecule has 1 aromatic carbocycles. The first-order valence-corrected chi connectivity index (χ1v) is 5.58. The first kappa shape index (κ1) is 13.2. The number of hydrogen-bond acceptors (Lipinski definition) is 3. The quantitative estimate of drug-likeness (QED) is 0.785. The fourth-order valence-corrected chi connectivity index (χ4v) is 1.14. The minimum atomic E-state index is -0.538. The van der Waals surface area contributed by atoms with Crippen molar-refractivity contribution in [3.05, 3.63) is 29.8 Å². The standard InChI is InChI=1S/C13H18N2O2/c1-4-13(2,3)12(17)15-11(16)9-5-7-10(14)8-6-9/h5-8H,4,14H2,1-3H3,(H,15,16,17). The van der Waals surface area contributed by atoms with Crippen molar-refractivity contribution in [3.63, 3.8) is 0 Å². The summed E-state index contributed by atoms with van der Waals surface area (Å²) in [7, 11) is 0. The van der Waals surface area contributed by atoms with E-state index in [4.69, 9.17) is 5.73 Å². The number of hydrogen-bond donors (Lipinski definition) is 2. The molecule has 0 aromatic heterocycles. The van der Waals surface area contributed by atoms with Crippen LogP contribution in [0.4, 0.5) is 5.69 Å². The number of nitrogens with two attached hydrogens (primary N) is 1. The van der Waals surface area contributed by atoms with Crippen LogP contribution in [0.2, 0.25) is 0 Å². The maximum absolute atomic E-state index is 11.8. The van der Waals surface area contributed by atoms with Crippen LogP contribution in [-0.4, -0.2) is 11.8 Å². The van der Waals surface area contributed by atoms with Crippen molar-refractivity contribution in [3.8, 4) is 0 Å². The summed E-state index contributed by atoms with van der Waals surface area (Å²) >= 11 is 0. The van der Waals surface area contributed by atoms with Gasteiger partial charge in [0.05, 0.1) is 0 Å². The Hall–Kier alpha value is -1.84. The summed E-state index contributed by atoms with van der Waals surface area (Å²) in [5.41, 5.74) is 6.00. The monoisotopic (exact) mass is 234 g/mol. The van der Waals surface area contributed by atoms with Gasteiger partial charge in [-0.1, -0.05) is 20.8 Å². The number of carbonyl (C=O) groups excluding carboxylic acids is 2. The number of amides is 2. The second-order valence-electron chi connectivity index (χ2n) is 4.64. The molecule has 4 nitrogen and oxygen atoms in total. The minimum Gasteiger partial charge on any atom is -0.399 e. The van der Waals surface area contributed by atoms with E-state index in [2.05, 4.69) is 5.32 Å². The van der Waals surface area contributed by atoms with Gasteiger partial charge in [0.25, 0.3) is 5.91 Å². The summed E-state index contributed by atoms with van der Waals surface area (Å²) in [4.78, 5) is 23.5. The summed E-state index contributed by atoms with van der Waals surface area (Å²) in [5.74, 6) is -0.654. The highest BCUT2D eigenvalue weighted by molar-refractivity contribution is 6.06. The van der Waals surface area contributed by atoms with Crippen molar-refractivity contribution >= 4 is 17.5 Å². The molecule has 0 fully saturated rings. The third-order valence-electron chi connectivity index (χ3n) is 2.90. The lowest BCUT2D eigenvalue weighted by Gasteiger charge is -2.20. The van der Waals surface area contributed by atoms with Crippen LogP contribution >= 0.6 is 0 Å². The molecule has 0 saturated heterocycles. The fourth-order valence-electron chi connectivity index (χ4n) is 1.14.